The van der Waals surface area contributed by atoms with Gasteiger partial charge in [-0.05, 0) is 85.8 Å². The summed E-state index contributed by atoms with van der Waals surface area (Å²) in [4.78, 5) is 11.8. The van der Waals surface area contributed by atoms with Gasteiger partial charge in [-0.15, -0.1) is 0 Å². The Labute approximate surface area is 184 Å². The molecule has 4 aliphatic carbocycles. The molecule has 4 nitrogen and oxygen atoms in total. The highest BCUT2D eigenvalue weighted by Crippen LogP contribution is 2.59. The molecule has 0 saturated heterocycles. The Balaban J connectivity index is 1.14. The summed E-state index contributed by atoms with van der Waals surface area (Å²) in [5, 5.41) is 4.62. The summed E-state index contributed by atoms with van der Waals surface area (Å²) in [5.74, 6) is 4.09. The zero-order valence-electron chi connectivity index (χ0n) is 17.6. The van der Waals surface area contributed by atoms with Crippen LogP contribution in [-0.4, -0.2) is 28.0 Å². The van der Waals surface area contributed by atoms with E-state index in [-0.39, 0.29) is 0 Å². The Morgan fingerprint density at radius 3 is 2.57 bits per heavy atom. The van der Waals surface area contributed by atoms with Crippen LogP contribution in [0.2, 0.25) is 5.02 Å². The molecule has 0 unspecified atom stereocenters. The van der Waals surface area contributed by atoms with Crippen LogP contribution in [0, 0.1) is 23.2 Å². The van der Waals surface area contributed by atoms with E-state index < -0.39 is 0 Å². The number of nitrogens with one attached hydrogen (secondary N) is 1. The lowest BCUT2D eigenvalue weighted by atomic mass is 9.49. The second-order valence-electron chi connectivity index (χ2n) is 10.5. The molecule has 4 fully saturated rings. The van der Waals surface area contributed by atoms with E-state index in [9.17, 15) is 0 Å². The molecule has 0 spiro atoms. The van der Waals surface area contributed by atoms with Crippen molar-refractivity contribution in [2.45, 2.75) is 58.0 Å². The van der Waals surface area contributed by atoms with Gasteiger partial charge in [0.25, 0.3) is 0 Å². The molecule has 5 aliphatic rings. The third-order valence-electron chi connectivity index (χ3n) is 8.18. The van der Waals surface area contributed by atoms with Gasteiger partial charge in [-0.2, -0.15) is 0 Å². The molecule has 158 valence electrons. The molecule has 2 aromatic rings. The molecule has 7 rings (SSSR count). The van der Waals surface area contributed by atoms with Gasteiger partial charge in [0.15, 0.2) is 0 Å². The van der Waals surface area contributed by atoms with Crippen molar-refractivity contribution in [1.29, 1.82) is 0 Å². The average molecular weight is 423 g/mol. The summed E-state index contributed by atoms with van der Waals surface area (Å²) in [6.07, 6.45) is 11.6. The monoisotopic (exact) mass is 422 g/mol. The molecule has 1 aromatic carbocycles. The molecule has 2 heterocycles. The lowest BCUT2D eigenvalue weighted by Gasteiger charge is -2.57. The Bertz CT molecular complexity index is 907. The number of nitrogens with zero attached hydrogens (tertiary/aromatic N) is 3. The fourth-order valence-corrected chi connectivity index (χ4v) is 7.58. The van der Waals surface area contributed by atoms with Crippen LogP contribution in [0.1, 0.15) is 55.3 Å². The third-order valence-corrected chi connectivity index (χ3v) is 8.41. The minimum Gasteiger partial charge on any atom is -0.369 e. The summed E-state index contributed by atoms with van der Waals surface area (Å²) in [7, 11) is 0. The molecular formula is C25H31ClN4. The predicted molar refractivity (Wildman–Crippen MR) is 120 cm³/mol. The van der Waals surface area contributed by atoms with Crippen LogP contribution in [0.15, 0.2) is 30.6 Å². The number of rotatable bonds is 5. The van der Waals surface area contributed by atoms with Gasteiger partial charge >= 0.3 is 0 Å². The number of aromatic nitrogens is 2. The highest BCUT2D eigenvalue weighted by molar-refractivity contribution is 6.30. The number of anilines is 1. The lowest BCUT2D eigenvalue weighted by molar-refractivity contribution is -0.0444. The van der Waals surface area contributed by atoms with Gasteiger partial charge in [0.1, 0.15) is 12.1 Å². The van der Waals surface area contributed by atoms with Gasteiger partial charge in [-0.1, -0.05) is 23.7 Å². The topological polar surface area (TPSA) is 41.1 Å². The standard InChI is InChI=1S/C25H31ClN4/c26-21-3-1-2-17(9-21)13-30-5-4-22-23(14-30)28-16-29-24(22)27-15-25-10-18-6-19(11-25)8-20(7-18)12-25/h1-3,9,16,18-20H,4-8,10-15H2,(H,27,28,29). The van der Waals surface area contributed by atoms with Gasteiger partial charge in [0, 0.05) is 36.8 Å². The van der Waals surface area contributed by atoms with Crippen molar-refractivity contribution >= 4 is 17.4 Å². The van der Waals surface area contributed by atoms with E-state index in [1.807, 2.05) is 12.1 Å². The zero-order chi connectivity index (χ0) is 20.1. The first-order valence-corrected chi connectivity index (χ1v) is 12.1. The maximum Gasteiger partial charge on any atom is 0.132 e. The molecule has 30 heavy (non-hydrogen) atoms. The molecular weight excluding hydrogens is 392 g/mol. The number of hydrogen-bond acceptors (Lipinski definition) is 4. The maximum atomic E-state index is 6.16. The Morgan fingerprint density at radius 2 is 1.83 bits per heavy atom. The van der Waals surface area contributed by atoms with E-state index >= 15 is 0 Å². The van der Waals surface area contributed by atoms with E-state index in [0.29, 0.717) is 5.41 Å². The first kappa shape index (κ1) is 19.1. The van der Waals surface area contributed by atoms with Gasteiger partial charge in [-0.3, -0.25) is 4.90 Å². The Hall–Kier alpha value is -1.65. The van der Waals surface area contributed by atoms with E-state index in [4.69, 9.17) is 11.6 Å². The number of halogens is 1. The van der Waals surface area contributed by atoms with Crippen molar-refractivity contribution < 1.29 is 0 Å². The predicted octanol–water partition coefficient (Wildman–Crippen LogP) is 5.32. The Morgan fingerprint density at radius 1 is 1.07 bits per heavy atom. The van der Waals surface area contributed by atoms with Crippen molar-refractivity contribution in [2.24, 2.45) is 23.2 Å². The van der Waals surface area contributed by atoms with Crippen LogP contribution >= 0.6 is 11.6 Å². The number of fused-ring (bicyclic) bond motifs is 1. The Kier molecular flexibility index (Phi) is 4.76. The molecule has 4 bridgehead atoms. The summed E-state index contributed by atoms with van der Waals surface area (Å²) < 4.78 is 0. The summed E-state index contributed by atoms with van der Waals surface area (Å²) in [6.45, 7) is 3.95. The van der Waals surface area contributed by atoms with Gasteiger partial charge < -0.3 is 5.32 Å². The van der Waals surface area contributed by atoms with Crippen molar-refractivity contribution in [3.63, 3.8) is 0 Å². The van der Waals surface area contributed by atoms with E-state index in [1.54, 1.807) is 6.33 Å². The molecule has 5 heteroatoms. The molecule has 0 amide bonds. The first-order chi connectivity index (χ1) is 14.6. The van der Waals surface area contributed by atoms with Gasteiger partial charge in [0.05, 0.1) is 5.69 Å². The smallest absolute Gasteiger partial charge is 0.132 e. The molecule has 0 atom stereocenters. The molecule has 0 radical (unpaired) electrons. The van der Waals surface area contributed by atoms with Crippen molar-refractivity contribution in [3.8, 4) is 0 Å². The fraction of sp³-hybridized carbons (Fsp3) is 0.600. The fourth-order valence-electron chi connectivity index (χ4n) is 7.37. The van der Waals surface area contributed by atoms with Gasteiger partial charge in [0.2, 0.25) is 0 Å². The third kappa shape index (κ3) is 3.62. The van der Waals surface area contributed by atoms with Crippen molar-refractivity contribution in [1.82, 2.24) is 14.9 Å². The molecule has 1 aliphatic heterocycles. The van der Waals surface area contributed by atoms with Crippen LogP contribution in [0.4, 0.5) is 5.82 Å². The average Bonchev–Trinajstić information content (AvgIpc) is 2.71. The molecule has 4 saturated carbocycles. The van der Waals surface area contributed by atoms with E-state index in [2.05, 4.69) is 32.3 Å². The number of benzene rings is 1. The minimum absolute atomic E-state index is 0.528. The van der Waals surface area contributed by atoms with Crippen LogP contribution in [0.25, 0.3) is 0 Å². The van der Waals surface area contributed by atoms with E-state index in [1.165, 1.54) is 55.3 Å². The van der Waals surface area contributed by atoms with Crippen molar-refractivity contribution in [3.05, 3.63) is 52.4 Å². The SMILES string of the molecule is Clc1cccc(CN2CCc3c(ncnc3NCC34CC5CC(CC(C5)C3)C4)C2)c1. The summed E-state index contributed by atoms with van der Waals surface area (Å²) >= 11 is 6.16. The minimum atomic E-state index is 0.528. The van der Waals surface area contributed by atoms with E-state index in [0.717, 1.165) is 61.2 Å². The second-order valence-corrected chi connectivity index (χ2v) is 10.9. The largest absolute Gasteiger partial charge is 0.369 e. The molecule has 1 aromatic heterocycles. The number of hydrogen-bond donors (Lipinski definition) is 1. The quantitative estimate of drug-likeness (QED) is 0.708. The summed E-state index contributed by atoms with van der Waals surface area (Å²) in [6, 6.07) is 8.19. The second kappa shape index (κ2) is 7.49. The van der Waals surface area contributed by atoms with Crippen molar-refractivity contribution in [2.75, 3.05) is 18.4 Å². The zero-order valence-corrected chi connectivity index (χ0v) is 18.4. The maximum absolute atomic E-state index is 6.16. The van der Waals surface area contributed by atoms with Crippen LogP contribution < -0.4 is 5.32 Å². The van der Waals surface area contributed by atoms with Gasteiger partial charge in [-0.25, -0.2) is 9.97 Å². The highest BCUT2D eigenvalue weighted by Gasteiger charge is 2.50. The van der Waals surface area contributed by atoms with Crippen LogP contribution in [-0.2, 0) is 19.5 Å². The highest BCUT2D eigenvalue weighted by atomic mass is 35.5. The van der Waals surface area contributed by atoms with Crippen LogP contribution in [0.3, 0.4) is 0 Å². The summed E-state index contributed by atoms with van der Waals surface area (Å²) in [5.41, 5.74) is 4.32. The molecule has 1 N–H and O–H groups in total. The lowest BCUT2D eigenvalue weighted by Crippen LogP contribution is -2.49. The normalized spacial score (nSPS) is 32.2. The van der Waals surface area contributed by atoms with Crippen LogP contribution in [0.5, 0.6) is 0 Å². The first-order valence-electron chi connectivity index (χ1n) is 11.7.